The molecule has 5 fully saturated rings. The summed E-state index contributed by atoms with van der Waals surface area (Å²) < 4.78 is 45.6. The van der Waals surface area contributed by atoms with Crippen LogP contribution in [0, 0.1) is 29.6 Å². The number of halogens is 4. The van der Waals surface area contributed by atoms with Gasteiger partial charge in [0.1, 0.15) is 11.5 Å². The highest BCUT2D eigenvalue weighted by molar-refractivity contribution is 8.00. The molecule has 5 rings (SSSR count). The molecule has 0 spiro atoms. The van der Waals surface area contributed by atoms with Crippen molar-refractivity contribution in [1.29, 1.82) is 0 Å². The third-order valence-electron chi connectivity index (χ3n) is 9.95. The van der Waals surface area contributed by atoms with Gasteiger partial charge in [-0.1, -0.05) is 6.92 Å². The first-order chi connectivity index (χ1) is 19.3. The number of alkyl halides is 4. The Morgan fingerprint density at radius 3 is 2.44 bits per heavy atom. The number of carbonyl (C=O) groups excluding carboxylic acids is 2. The van der Waals surface area contributed by atoms with Crippen molar-refractivity contribution < 1.29 is 27.5 Å². The van der Waals surface area contributed by atoms with Crippen molar-refractivity contribution in [3.63, 3.8) is 0 Å². The number of nitrogens with zero attached hydrogens (tertiary/aromatic N) is 1. The minimum atomic E-state index is -4.32. The summed E-state index contributed by atoms with van der Waals surface area (Å²) in [6.07, 6.45) is -2.80. The van der Waals surface area contributed by atoms with Crippen LogP contribution in [0.25, 0.3) is 0 Å². The predicted molar refractivity (Wildman–Crippen MR) is 152 cm³/mol. The van der Waals surface area contributed by atoms with Gasteiger partial charge in [-0.25, -0.2) is 0 Å². The maximum absolute atomic E-state index is 13.6. The molecule has 5 aliphatic heterocycles. The van der Waals surface area contributed by atoms with Crippen LogP contribution in [-0.2, 0) is 14.3 Å². The lowest BCUT2D eigenvalue weighted by molar-refractivity contribution is -0.173. The molecule has 2 amide bonds. The monoisotopic (exact) mass is 624 g/mol. The van der Waals surface area contributed by atoms with Gasteiger partial charge in [0, 0.05) is 56.7 Å². The number of rotatable bonds is 5. The van der Waals surface area contributed by atoms with E-state index in [-0.39, 0.29) is 70.3 Å². The first-order valence-corrected chi connectivity index (χ1v) is 16.2. The Labute approximate surface area is 249 Å². The molecule has 14 heteroatoms. The lowest BCUT2D eigenvalue weighted by atomic mass is 9.70. The van der Waals surface area contributed by atoms with E-state index in [9.17, 15) is 22.8 Å². The zero-order valence-electron chi connectivity index (χ0n) is 24.0. The molecule has 0 aliphatic carbocycles. The van der Waals surface area contributed by atoms with Crippen LogP contribution in [0.5, 0.6) is 0 Å². The van der Waals surface area contributed by atoms with E-state index in [1.54, 1.807) is 37.6 Å². The van der Waals surface area contributed by atoms with Gasteiger partial charge in [-0.15, -0.1) is 23.4 Å². The molecule has 0 bridgehead atoms. The van der Waals surface area contributed by atoms with Gasteiger partial charge >= 0.3 is 6.18 Å². The molecule has 13 unspecified atom stereocenters. The number of amides is 2. The molecule has 234 valence electrons. The van der Waals surface area contributed by atoms with Crippen LogP contribution in [0.1, 0.15) is 40.0 Å². The number of likely N-dealkylation sites (tertiary alicyclic amines) is 1. The molecule has 0 aromatic carbocycles. The van der Waals surface area contributed by atoms with Crippen LogP contribution < -0.4 is 26.6 Å². The molecule has 5 N–H and O–H groups in total. The second-order valence-electron chi connectivity index (χ2n) is 12.7. The maximum atomic E-state index is 13.6. The van der Waals surface area contributed by atoms with Crippen molar-refractivity contribution in [2.45, 2.75) is 92.7 Å². The predicted octanol–water partition coefficient (Wildman–Crippen LogP) is 1.67. The molecule has 5 aliphatic rings. The van der Waals surface area contributed by atoms with Crippen molar-refractivity contribution in [2.75, 3.05) is 33.3 Å². The van der Waals surface area contributed by atoms with E-state index in [0.717, 1.165) is 12.8 Å². The van der Waals surface area contributed by atoms with Crippen LogP contribution in [0.2, 0.25) is 0 Å². The molecule has 0 aromatic rings. The molecular formula is C27H44ClF3N6O3S. The molecule has 41 heavy (non-hydrogen) atoms. The van der Waals surface area contributed by atoms with Gasteiger partial charge in [0.25, 0.3) is 0 Å². The van der Waals surface area contributed by atoms with Crippen molar-refractivity contribution in [3.05, 3.63) is 0 Å². The van der Waals surface area contributed by atoms with E-state index < -0.39 is 24.2 Å². The van der Waals surface area contributed by atoms with Crippen molar-refractivity contribution in [3.8, 4) is 0 Å². The molecule has 0 saturated carbocycles. The minimum absolute atomic E-state index is 0.00149. The zero-order chi connectivity index (χ0) is 29.6. The van der Waals surface area contributed by atoms with Crippen molar-refractivity contribution in [1.82, 2.24) is 31.5 Å². The minimum Gasteiger partial charge on any atom is -0.380 e. The van der Waals surface area contributed by atoms with Crippen LogP contribution in [-0.4, -0.2) is 103 Å². The fraction of sp³-hybridized carbons (Fsp3) is 0.926. The van der Waals surface area contributed by atoms with Gasteiger partial charge in [0.2, 0.25) is 11.8 Å². The fourth-order valence-electron chi connectivity index (χ4n) is 7.84. The third kappa shape index (κ3) is 6.81. The van der Waals surface area contributed by atoms with Crippen molar-refractivity contribution >= 4 is 35.2 Å². The Morgan fingerprint density at radius 1 is 1.02 bits per heavy atom. The van der Waals surface area contributed by atoms with E-state index in [1.807, 2.05) is 0 Å². The lowest BCUT2D eigenvalue weighted by Gasteiger charge is -2.45. The Hall–Kier alpha value is -0.830. The second-order valence-corrected chi connectivity index (χ2v) is 14.6. The average Bonchev–Trinajstić information content (AvgIpc) is 3.46. The SMILES string of the molecule is COC1CNC(Cl)CC1C1CC(C)NCC1C(=O)NC1NC2CN(C(=O)C3C(C)CC(C(F)(F)F)NC3C)CC2S1. The quantitative estimate of drug-likeness (QED) is 0.232. The second kappa shape index (κ2) is 12.6. The Kier molecular flexibility index (Phi) is 9.75. The molecule has 0 aromatic heterocycles. The average molecular weight is 625 g/mol. The number of carbonyl (C=O) groups is 2. The van der Waals surface area contributed by atoms with E-state index in [2.05, 4.69) is 33.5 Å². The molecule has 5 heterocycles. The van der Waals surface area contributed by atoms with Crippen molar-refractivity contribution in [2.24, 2.45) is 29.6 Å². The largest absolute Gasteiger partial charge is 0.403 e. The smallest absolute Gasteiger partial charge is 0.380 e. The third-order valence-corrected chi connectivity index (χ3v) is 11.6. The van der Waals surface area contributed by atoms with Gasteiger partial charge in [0.05, 0.1) is 23.4 Å². The van der Waals surface area contributed by atoms with Gasteiger partial charge in [0.15, 0.2) is 0 Å². The number of hydrogen-bond donors (Lipinski definition) is 5. The highest BCUT2D eigenvalue weighted by Gasteiger charge is 2.51. The number of piperidine rings is 3. The summed E-state index contributed by atoms with van der Waals surface area (Å²) in [7, 11) is 1.71. The molecule has 9 nitrogen and oxygen atoms in total. The summed E-state index contributed by atoms with van der Waals surface area (Å²) in [6.45, 7) is 7.81. The number of fused-ring (bicyclic) bond motifs is 1. The Balaban J connectivity index is 1.16. The first-order valence-electron chi connectivity index (χ1n) is 14.8. The molecule has 13 atom stereocenters. The van der Waals surface area contributed by atoms with Gasteiger partial charge in [-0.3, -0.25) is 20.2 Å². The van der Waals surface area contributed by atoms with E-state index in [4.69, 9.17) is 16.3 Å². The number of methoxy groups -OCH3 is 1. The summed E-state index contributed by atoms with van der Waals surface area (Å²) in [5, 5.41) is 16.2. The lowest BCUT2D eigenvalue weighted by Crippen LogP contribution is -2.59. The number of nitrogens with one attached hydrogen (secondary N) is 5. The van der Waals surface area contributed by atoms with Gasteiger partial charge < -0.3 is 25.6 Å². The number of ether oxygens (including phenoxy) is 1. The standard InChI is InChI=1S/C27H44ClF3N6O3S/c1-12-5-21(27(29,30)31)34-14(3)23(12)25(39)37-10-18-20(11-37)41-26(35-18)36-24(38)17-8-32-13(2)6-15(17)16-7-22(28)33-9-19(16)40-4/h12-23,26,32-35H,5-11H2,1-4H3,(H,36,38). The number of hydrogen-bond acceptors (Lipinski definition) is 8. The van der Waals surface area contributed by atoms with E-state index in [0.29, 0.717) is 32.2 Å². The Morgan fingerprint density at radius 2 is 1.78 bits per heavy atom. The first kappa shape index (κ1) is 31.6. The number of thioether (sulfide) groups is 1. The fourth-order valence-corrected chi connectivity index (χ4v) is 9.54. The molecule has 0 radical (unpaired) electrons. The summed E-state index contributed by atoms with van der Waals surface area (Å²) in [6, 6.07) is -1.82. The summed E-state index contributed by atoms with van der Waals surface area (Å²) in [5.74, 6) is -0.843. The highest BCUT2D eigenvalue weighted by atomic mass is 35.5. The molecular weight excluding hydrogens is 581 g/mol. The Bertz CT molecular complexity index is 942. The maximum Gasteiger partial charge on any atom is 0.403 e. The van der Waals surface area contributed by atoms with Crippen LogP contribution >= 0.6 is 23.4 Å². The summed E-state index contributed by atoms with van der Waals surface area (Å²) in [4.78, 5) is 28.8. The van der Waals surface area contributed by atoms with Crippen LogP contribution in [0.4, 0.5) is 13.2 Å². The molecule has 5 saturated heterocycles. The summed E-state index contributed by atoms with van der Waals surface area (Å²) >= 11 is 8.07. The van der Waals surface area contributed by atoms with E-state index in [1.165, 1.54) is 0 Å². The highest BCUT2D eigenvalue weighted by Crippen LogP contribution is 2.40. The summed E-state index contributed by atoms with van der Waals surface area (Å²) in [5.41, 5.74) is -0.401. The topological polar surface area (TPSA) is 107 Å². The zero-order valence-corrected chi connectivity index (χ0v) is 25.6. The normalized spacial score (nSPS) is 45.4. The van der Waals surface area contributed by atoms with Gasteiger partial charge in [-0.2, -0.15) is 13.2 Å². The van der Waals surface area contributed by atoms with E-state index >= 15 is 0 Å². The van der Waals surface area contributed by atoms with Crippen LogP contribution in [0.15, 0.2) is 0 Å². The van der Waals surface area contributed by atoms with Crippen LogP contribution in [0.3, 0.4) is 0 Å². The van der Waals surface area contributed by atoms with Gasteiger partial charge in [-0.05, 0) is 50.9 Å².